The van der Waals surface area contributed by atoms with Gasteiger partial charge in [-0.15, -0.1) is 0 Å². The molecule has 0 aromatic heterocycles. The minimum Gasteiger partial charge on any atom is -0.493 e. The van der Waals surface area contributed by atoms with Crippen molar-refractivity contribution in [3.05, 3.63) is 58.6 Å². The topological polar surface area (TPSA) is 50.8 Å². The molecule has 146 valence electrons. The van der Waals surface area contributed by atoms with Crippen LogP contribution in [0.15, 0.2) is 42.5 Å². The monoisotopic (exact) mass is 398 g/mol. The first-order valence-corrected chi connectivity index (χ1v) is 8.56. The Kier molecular flexibility index (Phi) is 7.82. The Bertz CT molecular complexity index is 774. The van der Waals surface area contributed by atoms with Crippen molar-refractivity contribution in [2.45, 2.75) is 19.7 Å². The zero-order valence-electron chi connectivity index (χ0n) is 15.0. The third-order valence-electron chi connectivity index (χ3n) is 3.69. The molecule has 0 aliphatic carbocycles. The Morgan fingerprint density at radius 3 is 2.63 bits per heavy atom. The first-order valence-electron chi connectivity index (χ1n) is 8.19. The maximum atomic E-state index is 12.4. The van der Waals surface area contributed by atoms with Crippen molar-refractivity contribution in [2.24, 2.45) is 0 Å². The number of nitrogens with one attached hydrogen (secondary N) is 1. The van der Waals surface area contributed by atoms with Gasteiger partial charge in [0.15, 0.2) is 11.5 Å². The van der Waals surface area contributed by atoms with Crippen molar-refractivity contribution >= 4 is 17.5 Å². The van der Waals surface area contributed by atoms with Crippen molar-refractivity contribution in [1.29, 1.82) is 0 Å². The zero-order valence-corrected chi connectivity index (χ0v) is 15.8. The van der Waals surface area contributed by atoms with Crippen LogP contribution in [0.25, 0.3) is 0 Å². The van der Waals surface area contributed by atoms with Crippen LogP contribution in [0.4, 0.5) is 8.78 Å². The first-order chi connectivity index (χ1) is 12.9. The van der Waals surface area contributed by atoms with Crippen molar-refractivity contribution in [2.75, 3.05) is 20.7 Å². The van der Waals surface area contributed by atoms with Crippen molar-refractivity contribution in [3.63, 3.8) is 0 Å². The standard InChI is InChI=1S/C19H21ClF2N2O3/c1-24(12-18(25)23-10-13-4-3-5-15(20)8-13)11-14-6-7-16(27-19(21)22)17(9-14)26-2/h3-9,19H,10-12H2,1-2H3,(H,23,25). The smallest absolute Gasteiger partial charge is 0.387 e. The van der Waals surface area contributed by atoms with Gasteiger partial charge in [-0.2, -0.15) is 8.78 Å². The number of alkyl halides is 2. The molecule has 1 amide bonds. The molecule has 0 saturated heterocycles. The summed E-state index contributed by atoms with van der Waals surface area (Å²) < 4.78 is 34.2. The van der Waals surface area contributed by atoms with Crippen LogP contribution in [-0.4, -0.2) is 38.1 Å². The van der Waals surface area contributed by atoms with E-state index in [1.807, 2.05) is 12.1 Å². The fraction of sp³-hybridized carbons (Fsp3) is 0.316. The lowest BCUT2D eigenvalue weighted by molar-refractivity contribution is -0.122. The van der Waals surface area contributed by atoms with E-state index in [9.17, 15) is 13.6 Å². The van der Waals surface area contributed by atoms with Crippen LogP contribution in [0, 0.1) is 0 Å². The Morgan fingerprint density at radius 1 is 1.19 bits per heavy atom. The average Bonchev–Trinajstić information content (AvgIpc) is 2.61. The maximum Gasteiger partial charge on any atom is 0.387 e. The molecule has 0 bridgehead atoms. The Hall–Kier alpha value is -2.38. The molecular formula is C19H21ClF2N2O3. The predicted octanol–water partition coefficient (Wildman–Crippen LogP) is 3.70. The SMILES string of the molecule is COc1cc(CN(C)CC(=O)NCc2cccc(Cl)c2)ccc1OC(F)F. The van der Waals surface area contributed by atoms with Gasteiger partial charge in [0, 0.05) is 18.1 Å². The molecule has 27 heavy (non-hydrogen) atoms. The van der Waals surface area contributed by atoms with E-state index in [4.69, 9.17) is 16.3 Å². The zero-order chi connectivity index (χ0) is 19.8. The molecule has 0 unspecified atom stereocenters. The van der Waals surface area contributed by atoms with Gasteiger partial charge in [0.25, 0.3) is 0 Å². The molecule has 0 spiro atoms. The highest BCUT2D eigenvalue weighted by atomic mass is 35.5. The predicted molar refractivity (Wildman–Crippen MR) is 99.3 cm³/mol. The van der Waals surface area contributed by atoms with E-state index in [2.05, 4.69) is 10.1 Å². The normalized spacial score (nSPS) is 10.9. The lowest BCUT2D eigenvalue weighted by Gasteiger charge is -2.18. The van der Waals surface area contributed by atoms with Crippen molar-refractivity contribution in [1.82, 2.24) is 10.2 Å². The Labute approximate surface area is 161 Å². The summed E-state index contributed by atoms with van der Waals surface area (Å²) in [5.41, 5.74) is 1.72. The Morgan fingerprint density at radius 2 is 1.96 bits per heavy atom. The first kappa shape index (κ1) is 20.9. The fourth-order valence-corrected chi connectivity index (χ4v) is 2.73. The fourth-order valence-electron chi connectivity index (χ4n) is 2.52. The van der Waals surface area contributed by atoms with E-state index in [1.165, 1.54) is 13.2 Å². The Balaban J connectivity index is 1.87. The van der Waals surface area contributed by atoms with Gasteiger partial charge in [-0.25, -0.2) is 0 Å². The second-order valence-corrected chi connectivity index (χ2v) is 6.38. The van der Waals surface area contributed by atoms with Crippen LogP contribution in [0.3, 0.4) is 0 Å². The summed E-state index contributed by atoms with van der Waals surface area (Å²) in [5, 5.41) is 3.45. The highest BCUT2D eigenvalue weighted by Crippen LogP contribution is 2.29. The maximum absolute atomic E-state index is 12.4. The van der Waals surface area contributed by atoms with E-state index in [-0.39, 0.29) is 24.0 Å². The number of nitrogens with zero attached hydrogens (tertiary/aromatic N) is 1. The number of benzene rings is 2. The molecule has 0 saturated carbocycles. The summed E-state index contributed by atoms with van der Waals surface area (Å²) in [7, 11) is 3.17. The molecule has 0 fully saturated rings. The van der Waals surface area contributed by atoms with E-state index >= 15 is 0 Å². The van der Waals surface area contributed by atoms with Gasteiger partial charge in [0.2, 0.25) is 5.91 Å². The average molecular weight is 399 g/mol. The summed E-state index contributed by atoms with van der Waals surface area (Å²) >= 11 is 5.92. The van der Waals surface area contributed by atoms with Crippen LogP contribution in [0.5, 0.6) is 11.5 Å². The number of methoxy groups -OCH3 is 1. The van der Waals surface area contributed by atoms with Gasteiger partial charge in [-0.3, -0.25) is 9.69 Å². The number of hydrogen-bond donors (Lipinski definition) is 1. The summed E-state index contributed by atoms with van der Waals surface area (Å²) in [6, 6.07) is 12.0. The number of amides is 1. The van der Waals surface area contributed by atoms with Crippen molar-refractivity contribution < 1.29 is 23.0 Å². The number of carbonyl (C=O) groups excluding carboxylic acids is 1. The molecule has 0 heterocycles. The van der Waals surface area contributed by atoms with Crippen LogP contribution in [0.1, 0.15) is 11.1 Å². The molecule has 0 atom stereocenters. The van der Waals surface area contributed by atoms with E-state index < -0.39 is 6.61 Å². The molecule has 2 aromatic carbocycles. The molecule has 0 aliphatic heterocycles. The van der Waals surface area contributed by atoms with Gasteiger partial charge in [0.1, 0.15) is 0 Å². The number of carbonyl (C=O) groups is 1. The molecular weight excluding hydrogens is 378 g/mol. The van der Waals surface area contributed by atoms with Crippen LogP contribution >= 0.6 is 11.6 Å². The number of likely N-dealkylation sites (N-methyl/N-ethyl adjacent to an activating group) is 1. The van der Waals surface area contributed by atoms with Gasteiger partial charge in [-0.05, 0) is 42.4 Å². The molecule has 8 heteroatoms. The molecule has 1 N–H and O–H groups in total. The van der Waals surface area contributed by atoms with Crippen molar-refractivity contribution in [3.8, 4) is 11.5 Å². The largest absolute Gasteiger partial charge is 0.493 e. The third-order valence-corrected chi connectivity index (χ3v) is 3.92. The second kappa shape index (κ2) is 10.1. The number of halogens is 3. The molecule has 0 aliphatic rings. The lowest BCUT2D eigenvalue weighted by Crippen LogP contribution is -2.34. The quantitative estimate of drug-likeness (QED) is 0.699. The highest BCUT2D eigenvalue weighted by molar-refractivity contribution is 6.30. The minimum absolute atomic E-state index is 0.0295. The number of rotatable bonds is 9. The van der Waals surface area contributed by atoms with Gasteiger partial charge in [-0.1, -0.05) is 29.8 Å². The third kappa shape index (κ3) is 7.03. The number of ether oxygens (including phenoxy) is 2. The second-order valence-electron chi connectivity index (χ2n) is 5.94. The molecule has 5 nitrogen and oxygen atoms in total. The van der Waals surface area contributed by atoms with Crippen LogP contribution < -0.4 is 14.8 Å². The van der Waals surface area contributed by atoms with E-state index in [0.717, 1.165) is 11.1 Å². The summed E-state index contributed by atoms with van der Waals surface area (Å²) in [6.45, 7) is -1.91. The highest BCUT2D eigenvalue weighted by Gasteiger charge is 2.13. The number of hydrogen-bond acceptors (Lipinski definition) is 4. The summed E-state index contributed by atoms with van der Waals surface area (Å²) in [4.78, 5) is 13.9. The molecule has 0 radical (unpaired) electrons. The summed E-state index contributed by atoms with van der Waals surface area (Å²) in [6.07, 6.45) is 0. The minimum atomic E-state index is -2.92. The lowest BCUT2D eigenvalue weighted by atomic mass is 10.2. The van der Waals surface area contributed by atoms with Crippen LogP contribution in [-0.2, 0) is 17.9 Å². The van der Waals surface area contributed by atoms with E-state index in [0.29, 0.717) is 18.1 Å². The van der Waals surface area contributed by atoms with E-state index in [1.54, 1.807) is 36.2 Å². The van der Waals surface area contributed by atoms with Crippen LogP contribution in [0.2, 0.25) is 5.02 Å². The van der Waals surface area contributed by atoms with Gasteiger partial charge >= 0.3 is 6.61 Å². The van der Waals surface area contributed by atoms with Gasteiger partial charge < -0.3 is 14.8 Å². The molecule has 2 rings (SSSR count). The van der Waals surface area contributed by atoms with Gasteiger partial charge in [0.05, 0.1) is 13.7 Å². The molecule has 2 aromatic rings. The summed E-state index contributed by atoms with van der Waals surface area (Å²) in [5.74, 6) is 0.0480.